The van der Waals surface area contributed by atoms with Crippen LogP contribution in [0.3, 0.4) is 0 Å². The molecule has 13 heavy (non-hydrogen) atoms. The number of hydrogen-bond donors (Lipinski definition) is 0. The molecule has 0 aliphatic heterocycles. The summed E-state index contributed by atoms with van der Waals surface area (Å²) < 4.78 is 0. The molecule has 0 radical (unpaired) electrons. The molecule has 0 atom stereocenters. The van der Waals surface area contributed by atoms with Crippen LogP contribution >= 0.6 is 0 Å². The Balaban J connectivity index is 2.24. The standard InChI is InChI=1S/C11H16O2/c12-9-5-6-10(13)11(9)7-3-1-2-4-8-11/h1-8H2. The van der Waals surface area contributed by atoms with Gasteiger partial charge >= 0.3 is 0 Å². The van der Waals surface area contributed by atoms with Gasteiger partial charge in [0.25, 0.3) is 0 Å². The maximum atomic E-state index is 11.7. The van der Waals surface area contributed by atoms with Crippen LogP contribution in [0, 0.1) is 5.41 Å². The number of carbonyl (C=O) groups excluding carboxylic acids is 2. The van der Waals surface area contributed by atoms with E-state index in [1.807, 2.05) is 0 Å². The van der Waals surface area contributed by atoms with Gasteiger partial charge in [-0.05, 0) is 12.8 Å². The summed E-state index contributed by atoms with van der Waals surface area (Å²) in [7, 11) is 0. The molecule has 72 valence electrons. The lowest BCUT2D eigenvalue weighted by molar-refractivity contribution is -0.135. The molecule has 0 heterocycles. The molecule has 2 nitrogen and oxygen atoms in total. The van der Waals surface area contributed by atoms with Crippen LogP contribution in [0.1, 0.15) is 51.4 Å². The molecular weight excluding hydrogens is 164 g/mol. The molecule has 0 amide bonds. The lowest BCUT2D eigenvalue weighted by Crippen LogP contribution is -2.32. The smallest absolute Gasteiger partial charge is 0.146 e. The Morgan fingerprint density at radius 3 is 1.69 bits per heavy atom. The van der Waals surface area contributed by atoms with Crippen molar-refractivity contribution in [2.24, 2.45) is 5.41 Å². The first-order valence-corrected chi connectivity index (χ1v) is 5.32. The van der Waals surface area contributed by atoms with E-state index in [2.05, 4.69) is 0 Å². The van der Waals surface area contributed by atoms with Gasteiger partial charge in [0.1, 0.15) is 11.6 Å². The summed E-state index contributed by atoms with van der Waals surface area (Å²) in [5.74, 6) is 0.471. The lowest BCUT2D eigenvalue weighted by atomic mass is 9.77. The highest BCUT2D eigenvalue weighted by atomic mass is 16.2. The highest BCUT2D eigenvalue weighted by Crippen LogP contribution is 2.42. The largest absolute Gasteiger partial charge is 0.299 e. The third kappa shape index (κ3) is 1.32. The molecular formula is C11H16O2. The van der Waals surface area contributed by atoms with Crippen molar-refractivity contribution in [3.63, 3.8) is 0 Å². The molecule has 1 spiro atoms. The van der Waals surface area contributed by atoms with E-state index in [1.165, 1.54) is 12.8 Å². The van der Waals surface area contributed by atoms with Crippen LogP contribution in [0.2, 0.25) is 0 Å². The van der Waals surface area contributed by atoms with E-state index < -0.39 is 5.41 Å². The van der Waals surface area contributed by atoms with Crippen LogP contribution in [-0.2, 0) is 9.59 Å². The summed E-state index contributed by atoms with van der Waals surface area (Å²) in [5, 5.41) is 0. The minimum Gasteiger partial charge on any atom is -0.299 e. The van der Waals surface area contributed by atoms with Gasteiger partial charge in [-0.15, -0.1) is 0 Å². The molecule has 2 aliphatic rings. The van der Waals surface area contributed by atoms with E-state index in [1.54, 1.807) is 0 Å². The van der Waals surface area contributed by atoms with Gasteiger partial charge in [0.15, 0.2) is 0 Å². The molecule has 0 aromatic rings. The van der Waals surface area contributed by atoms with E-state index in [-0.39, 0.29) is 11.6 Å². The summed E-state index contributed by atoms with van der Waals surface area (Å²) in [6.45, 7) is 0. The number of ketones is 2. The quantitative estimate of drug-likeness (QED) is 0.536. The Morgan fingerprint density at radius 2 is 1.23 bits per heavy atom. The van der Waals surface area contributed by atoms with Gasteiger partial charge in [-0.25, -0.2) is 0 Å². The van der Waals surface area contributed by atoms with Gasteiger partial charge in [0, 0.05) is 12.8 Å². The molecule has 0 aromatic heterocycles. The Hall–Kier alpha value is -0.660. The van der Waals surface area contributed by atoms with E-state index in [0.717, 1.165) is 25.7 Å². The molecule has 2 fully saturated rings. The van der Waals surface area contributed by atoms with Crippen LogP contribution in [-0.4, -0.2) is 11.6 Å². The third-order valence-corrected chi connectivity index (χ3v) is 3.60. The summed E-state index contributed by atoms with van der Waals surface area (Å²) in [5.41, 5.74) is -0.503. The SMILES string of the molecule is O=C1CCC(=O)C12CCCCCC2. The Morgan fingerprint density at radius 1 is 0.769 bits per heavy atom. The molecule has 2 rings (SSSR count). The molecule has 0 aromatic carbocycles. The van der Waals surface area contributed by atoms with Gasteiger partial charge in [-0.3, -0.25) is 9.59 Å². The monoisotopic (exact) mass is 180 g/mol. The van der Waals surface area contributed by atoms with Crippen molar-refractivity contribution in [2.75, 3.05) is 0 Å². The molecule has 0 bridgehead atoms. The fourth-order valence-corrected chi connectivity index (χ4v) is 2.75. The zero-order valence-corrected chi connectivity index (χ0v) is 7.97. The molecule has 2 heteroatoms. The average molecular weight is 180 g/mol. The summed E-state index contributed by atoms with van der Waals surface area (Å²) >= 11 is 0. The number of Topliss-reactive ketones (excluding diaryl/α,β-unsaturated/α-hetero) is 2. The first kappa shape index (κ1) is 8.92. The van der Waals surface area contributed by atoms with Crippen LogP contribution in [0.4, 0.5) is 0 Å². The predicted octanol–water partition coefficient (Wildman–Crippen LogP) is 2.26. The second-order valence-electron chi connectivity index (χ2n) is 4.34. The molecule has 2 saturated carbocycles. The molecule has 0 saturated heterocycles. The number of rotatable bonds is 0. The second-order valence-corrected chi connectivity index (χ2v) is 4.34. The second kappa shape index (κ2) is 3.24. The predicted molar refractivity (Wildman–Crippen MR) is 49.4 cm³/mol. The van der Waals surface area contributed by atoms with E-state index in [0.29, 0.717) is 12.8 Å². The Bertz CT molecular complexity index is 216. The molecule has 0 N–H and O–H groups in total. The first-order chi connectivity index (χ1) is 6.26. The fourth-order valence-electron chi connectivity index (χ4n) is 2.75. The van der Waals surface area contributed by atoms with Crippen molar-refractivity contribution in [3.05, 3.63) is 0 Å². The average Bonchev–Trinajstić information content (AvgIpc) is 2.38. The van der Waals surface area contributed by atoms with Gasteiger partial charge in [-0.1, -0.05) is 25.7 Å². The first-order valence-electron chi connectivity index (χ1n) is 5.32. The highest BCUT2D eigenvalue weighted by Gasteiger charge is 2.48. The Labute approximate surface area is 78.7 Å². The van der Waals surface area contributed by atoms with Crippen molar-refractivity contribution >= 4 is 11.6 Å². The van der Waals surface area contributed by atoms with Gasteiger partial charge in [0.2, 0.25) is 0 Å². The zero-order valence-electron chi connectivity index (χ0n) is 7.97. The van der Waals surface area contributed by atoms with Crippen LogP contribution in [0.15, 0.2) is 0 Å². The summed E-state index contributed by atoms with van der Waals surface area (Å²) in [4.78, 5) is 23.4. The molecule has 0 unspecified atom stereocenters. The number of carbonyl (C=O) groups is 2. The van der Waals surface area contributed by atoms with Crippen molar-refractivity contribution in [1.82, 2.24) is 0 Å². The Kier molecular flexibility index (Phi) is 2.22. The van der Waals surface area contributed by atoms with Crippen LogP contribution < -0.4 is 0 Å². The van der Waals surface area contributed by atoms with Crippen molar-refractivity contribution < 1.29 is 9.59 Å². The van der Waals surface area contributed by atoms with Crippen molar-refractivity contribution in [1.29, 1.82) is 0 Å². The summed E-state index contributed by atoms with van der Waals surface area (Å²) in [6, 6.07) is 0. The maximum absolute atomic E-state index is 11.7. The minimum absolute atomic E-state index is 0.236. The number of hydrogen-bond acceptors (Lipinski definition) is 2. The highest BCUT2D eigenvalue weighted by molar-refractivity contribution is 6.12. The van der Waals surface area contributed by atoms with Crippen molar-refractivity contribution in [3.8, 4) is 0 Å². The van der Waals surface area contributed by atoms with E-state index in [4.69, 9.17) is 0 Å². The van der Waals surface area contributed by atoms with Gasteiger partial charge in [-0.2, -0.15) is 0 Å². The third-order valence-electron chi connectivity index (χ3n) is 3.60. The van der Waals surface area contributed by atoms with Crippen LogP contribution in [0.25, 0.3) is 0 Å². The van der Waals surface area contributed by atoms with Gasteiger partial charge < -0.3 is 0 Å². The molecule has 2 aliphatic carbocycles. The summed E-state index contributed by atoms with van der Waals surface area (Å²) in [6.07, 6.45) is 7.23. The van der Waals surface area contributed by atoms with Crippen molar-refractivity contribution in [2.45, 2.75) is 51.4 Å². The van der Waals surface area contributed by atoms with Gasteiger partial charge in [0.05, 0.1) is 5.41 Å². The zero-order chi connectivity index (χ0) is 9.31. The van der Waals surface area contributed by atoms with Crippen LogP contribution in [0.5, 0.6) is 0 Å². The lowest BCUT2D eigenvalue weighted by Gasteiger charge is -2.23. The normalized spacial score (nSPS) is 28.0. The van der Waals surface area contributed by atoms with E-state index in [9.17, 15) is 9.59 Å². The topological polar surface area (TPSA) is 34.1 Å². The maximum Gasteiger partial charge on any atom is 0.146 e. The minimum atomic E-state index is -0.503. The fraction of sp³-hybridized carbons (Fsp3) is 0.818. The van der Waals surface area contributed by atoms with E-state index >= 15 is 0 Å².